The molecule has 0 radical (unpaired) electrons. The highest BCUT2D eigenvalue weighted by atomic mass is 16.5. The van der Waals surface area contributed by atoms with Gasteiger partial charge in [-0.3, -0.25) is 0 Å². The molecule has 24 heavy (non-hydrogen) atoms. The van der Waals surface area contributed by atoms with E-state index in [-0.39, 0.29) is 22.9 Å². The average Bonchev–Trinajstić information content (AvgIpc) is 3.16. The number of rotatable bonds is 2. The van der Waals surface area contributed by atoms with Gasteiger partial charge in [-0.15, -0.1) is 0 Å². The molecule has 4 heteroatoms. The van der Waals surface area contributed by atoms with Crippen molar-refractivity contribution in [2.45, 2.75) is 53.6 Å². The van der Waals surface area contributed by atoms with Gasteiger partial charge >= 0.3 is 0 Å². The van der Waals surface area contributed by atoms with Gasteiger partial charge in [0.15, 0.2) is 0 Å². The molecule has 0 aromatic heterocycles. The molecule has 2 aliphatic heterocycles. The molecule has 1 aromatic carbocycles. The van der Waals surface area contributed by atoms with E-state index in [2.05, 4.69) is 41.5 Å². The van der Waals surface area contributed by atoms with E-state index in [1.165, 1.54) is 0 Å². The van der Waals surface area contributed by atoms with Crippen molar-refractivity contribution in [3.8, 4) is 0 Å². The summed E-state index contributed by atoms with van der Waals surface area (Å²) in [6, 6.07) is 8.57. The number of hydrogen-bond acceptors (Lipinski definition) is 4. The second kappa shape index (κ2) is 5.91. The Morgan fingerprint density at radius 2 is 1.04 bits per heavy atom. The Morgan fingerprint density at radius 3 is 1.29 bits per heavy atom. The smallest absolute Gasteiger partial charge is 0.216 e. The third kappa shape index (κ3) is 3.47. The number of nitrogens with zero attached hydrogens (tertiary/aromatic N) is 2. The summed E-state index contributed by atoms with van der Waals surface area (Å²) in [5, 5.41) is 0. The monoisotopic (exact) mass is 328 g/mol. The van der Waals surface area contributed by atoms with Crippen molar-refractivity contribution in [1.82, 2.24) is 0 Å². The first-order chi connectivity index (χ1) is 11.1. The van der Waals surface area contributed by atoms with Gasteiger partial charge in [0.1, 0.15) is 13.2 Å². The third-order valence-electron chi connectivity index (χ3n) is 4.68. The van der Waals surface area contributed by atoms with Gasteiger partial charge in [-0.1, -0.05) is 41.5 Å². The maximum atomic E-state index is 5.79. The van der Waals surface area contributed by atoms with Crippen LogP contribution in [0, 0.1) is 10.8 Å². The van der Waals surface area contributed by atoms with E-state index in [0.29, 0.717) is 13.2 Å². The van der Waals surface area contributed by atoms with E-state index < -0.39 is 0 Å². The molecule has 0 bridgehead atoms. The van der Waals surface area contributed by atoms with Crippen LogP contribution in [0.15, 0.2) is 34.3 Å². The van der Waals surface area contributed by atoms with E-state index in [1.54, 1.807) is 0 Å². The Bertz CT molecular complexity index is 601. The largest absolute Gasteiger partial charge is 0.475 e. The molecule has 0 amide bonds. The Morgan fingerprint density at radius 1 is 0.708 bits per heavy atom. The van der Waals surface area contributed by atoms with Gasteiger partial charge in [-0.05, 0) is 35.1 Å². The first-order valence-corrected chi connectivity index (χ1v) is 8.66. The number of benzene rings is 1. The van der Waals surface area contributed by atoms with Gasteiger partial charge < -0.3 is 9.47 Å². The van der Waals surface area contributed by atoms with Crippen molar-refractivity contribution in [2.24, 2.45) is 20.8 Å². The lowest BCUT2D eigenvalue weighted by Gasteiger charge is -2.21. The van der Waals surface area contributed by atoms with E-state index in [4.69, 9.17) is 19.5 Å². The molecule has 2 atom stereocenters. The van der Waals surface area contributed by atoms with Gasteiger partial charge in [-0.2, -0.15) is 0 Å². The van der Waals surface area contributed by atoms with Crippen molar-refractivity contribution >= 4 is 11.8 Å². The van der Waals surface area contributed by atoms with Crippen molar-refractivity contribution in [3.63, 3.8) is 0 Å². The highest BCUT2D eigenvalue weighted by Crippen LogP contribution is 2.29. The lowest BCUT2D eigenvalue weighted by Crippen LogP contribution is -2.25. The van der Waals surface area contributed by atoms with E-state index in [0.717, 1.165) is 22.9 Å². The molecule has 130 valence electrons. The van der Waals surface area contributed by atoms with Crippen LogP contribution in [0.25, 0.3) is 0 Å². The van der Waals surface area contributed by atoms with Gasteiger partial charge in [0.25, 0.3) is 0 Å². The molecule has 0 unspecified atom stereocenters. The topological polar surface area (TPSA) is 43.2 Å². The van der Waals surface area contributed by atoms with Crippen molar-refractivity contribution in [2.75, 3.05) is 13.2 Å². The summed E-state index contributed by atoms with van der Waals surface area (Å²) in [7, 11) is 0. The van der Waals surface area contributed by atoms with Crippen LogP contribution in [-0.4, -0.2) is 37.1 Å². The molecule has 0 saturated heterocycles. The highest BCUT2D eigenvalue weighted by molar-refractivity contribution is 5.98. The van der Waals surface area contributed by atoms with Crippen LogP contribution in [0.3, 0.4) is 0 Å². The van der Waals surface area contributed by atoms with Crippen LogP contribution in [0.1, 0.15) is 52.7 Å². The molecule has 0 saturated carbocycles. The van der Waals surface area contributed by atoms with Gasteiger partial charge in [0, 0.05) is 11.1 Å². The average molecular weight is 328 g/mol. The predicted octanol–water partition coefficient (Wildman–Crippen LogP) is 4.07. The Hall–Kier alpha value is -1.84. The molecule has 0 N–H and O–H groups in total. The summed E-state index contributed by atoms with van der Waals surface area (Å²) in [4.78, 5) is 9.47. The maximum Gasteiger partial charge on any atom is 0.216 e. The molecule has 0 aliphatic carbocycles. The fourth-order valence-electron chi connectivity index (χ4n) is 2.71. The molecule has 2 heterocycles. The minimum absolute atomic E-state index is 0.121. The predicted molar refractivity (Wildman–Crippen MR) is 97.9 cm³/mol. The van der Waals surface area contributed by atoms with Crippen LogP contribution in [0.2, 0.25) is 0 Å². The van der Waals surface area contributed by atoms with E-state index >= 15 is 0 Å². The second-order valence-corrected chi connectivity index (χ2v) is 8.83. The Labute approximate surface area is 145 Å². The molecule has 0 fully saturated rings. The standard InChI is InChI=1S/C20H28N2O2/c1-19(2,3)15-11-23-17(21-15)13-7-9-14(10-8-13)18-22-16(12-24-18)20(4,5)6/h7-10,15-16H,11-12H2,1-6H3/t15-,16-/m1/s1. The highest BCUT2D eigenvalue weighted by Gasteiger charge is 2.32. The van der Waals surface area contributed by atoms with E-state index in [1.807, 2.05) is 24.3 Å². The summed E-state index contributed by atoms with van der Waals surface area (Å²) < 4.78 is 11.6. The summed E-state index contributed by atoms with van der Waals surface area (Å²) in [5.41, 5.74) is 2.26. The number of hydrogen-bond donors (Lipinski definition) is 0. The molecule has 0 spiro atoms. The summed E-state index contributed by atoms with van der Waals surface area (Å²) in [5.74, 6) is 1.48. The fraction of sp³-hybridized carbons (Fsp3) is 0.600. The van der Waals surface area contributed by atoms with Crippen LogP contribution >= 0.6 is 0 Å². The summed E-state index contributed by atoms with van der Waals surface area (Å²) in [6.07, 6.45) is 0. The fourth-order valence-corrected chi connectivity index (χ4v) is 2.71. The van der Waals surface area contributed by atoms with Crippen molar-refractivity contribution in [1.29, 1.82) is 0 Å². The Balaban J connectivity index is 1.76. The number of aliphatic imine (C=N–C) groups is 2. The van der Waals surface area contributed by atoms with Crippen LogP contribution in [0.4, 0.5) is 0 Å². The van der Waals surface area contributed by atoms with Crippen molar-refractivity contribution < 1.29 is 9.47 Å². The van der Waals surface area contributed by atoms with Crippen LogP contribution in [0.5, 0.6) is 0 Å². The zero-order valence-corrected chi connectivity index (χ0v) is 15.6. The van der Waals surface area contributed by atoms with Crippen LogP contribution < -0.4 is 0 Å². The van der Waals surface area contributed by atoms with Gasteiger partial charge in [0.2, 0.25) is 11.8 Å². The minimum Gasteiger partial charge on any atom is -0.475 e. The third-order valence-corrected chi connectivity index (χ3v) is 4.68. The van der Waals surface area contributed by atoms with Gasteiger partial charge in [0.05, 0.1) is 12.1 Å². The van der Waals surface area contributed by atoms with Crippen molar-refractivity contribution in [3.05, 3.63) is 35.4 Å². The SMILES string of the molecule is CC(C)(C)[C@H]1COC(c2ccc(C3=N[C@@H](C(C)(C)C)CO3)cc2)=N1. The maximum absolute atomic E-state index is 5.79. The zero-order chi connectivity index (χ0) is 17.5. The zero-order valence-electron chi connectivity index (χ0n) is 15.6. The van der Waals surface area contributed by atoms with Crippen LogP contribution in [-0.2, 0) is 9.47 Å². The first kappa shape index (κ1) is 17.0. The first-order valence-electron chi connectivity index (χ1n) is 8.66. The summed E-state index contributed by atoms with van der Waals surface area (Å²) in [6.45, 7) is 14.5. The number of ether oxygens (including phenoxy) is 2. The Kier molecular flexibility index (Phi) is 4.18. The lowest BCUT2D eigenvalue weighted by molar-refractivity contribution is 0.235. The molecule has 4 nitrogen and oxygen atoms in total. The van der Waals surface area contributed by atoms with E-state index in [9.17, 15) is 0 Å². The molecule has 2 aliphatic rings. The van der Waals surface area contributed by atoms with Gasteiger partial charge in [-0.25, -0.2) is 9.98 Å². The normalized spacial score (nSPS) is 24.2. The molecule has 3 rings (SSSR count). The second-order valence-electron chi connectivity index (χ2n) is 8.83. The molecule has 1 aromatic rings. The molecular weight excluding hydrogens is 300 g/mol. The molecular formula is C20H28N2O2. The summed E-state index contributed by atoms with van der Waals surface area (Å²) >= 11 is 0. The quantitative estimate of drug-likeness (QED) is 0.821. The minimum atomic E-state index is 0.121. The lowest BCUT2D eigenvalue weighted by atomic mass is 9.88.